The van der Waals surface area contributed by atoms with Crippen molar-refractivity contribution in [1.82, 2.24) is 15.5 Å². The van der Waals surface area contributed by atoms with E-state index >= 15 is 0 Å². The Hall–Kier alpha value is -1.31. The van der Waals surface area contributed by atoms with Crippen LogP contribution >= 0.6 is 27.3 Å². The molecular formula is C18H25BrN4OS. The number of likely N-dealkylation sites (tertiary alicyclic amines) is 1. The average Bonchev–Trinajstić information content (AvgIpc) is 3.37. The van der Waals surface area contributed by atoms with Crippen LogP contribution in [-0.2, 0) is 6.42 Å². The summed E-state index contributed by atoms with van der Waals surface area (Å²) in [5.74, 6) is 1.86. The second-order valence-electron chi connectivity index (χ2n) is 6.11. The van der Waals surface area contributed by atoms with E-state index in [0.29, 0.717) is 0 Å². The number of guanidine groups is 1. The Morgan fingerprint density at radius 2 is 2.16 bits per heavy atom. The second-order valence-corrected chi connectivity index (χ2v) is 8.66. The molecule has 2 aromatic heterocycles. The number of rotatable bonds is 7. The number of halogens is 1. The molecule has 136 valence electrons. The van der Waals surface area contributed by atoms with Crippen LogP contribution in [0.25, 0.3) is 0 Å². The fourth-order valence-corrected chi connectivity index (χ4v) is 4.63. The van der Waals surface area contributed by atoms with Gasteiger partial charge in [-0.2, -0.15) is 0 Å². The van der Waals surface area contributed by atoms with Gasteiger partial charge in [0.25, 0.3) is 0 Å². The molecule has 3 rings (SSSR count). The van der Waals surface area contributed by atoms with Gasteiger partial charge in [-0.15, -0.1) is 11.3 Å². The van der Waals surface area contributed by atoms with Crippen molar-refractivity contribution in [2.24, 2.45) is 4.99 Å². The highest BCUT2D eigenvalue weighted by molar-refractivity contribution is 9.11. The molecule has 0 bridgehead atoms. The molecular weight excluding hydrogens is 400 g/mol. The van der Waals surface area contributed by atoms with Gasteiger partial charge in [-0.25, -0.2) is 0 Å². The largest absolute Gasteiger partial charge is 0.468 e. The zero-order valence-electron chi connectivity index (χ0n) is 14.5. The Kier molecular flexibility index (Phi) is 6.95. The van der Waals surface area contributed by atoms with Crippen molar-refractivity contribution >= 4 is 33.2 Å². The molecule has 2 aromatic rings. The third kappa shape index (κ3) is 5.33. The average molecular weight is 425 g/mol. The Labute approximate surface area is 161 Å². The van der Waals surface area contributed by atoms with Gasteiger partial charge in [0.05, 0.1) is 16.1 Å². The molecule has 0 radical (unpaired) electrons. The highest BCUT2D eigenvalue weighted by Crippen LogP contribution is 2.25. The summed E-state index contributed by atoms with van der Waals surface area (Å²) in [6, 6.07) is 8.54. The van der Waals surface area contributed by atoms with Crippen LogP contribution in [0.15, 0.2) is 43.7 Å². The summed E-state index contributed by atoms with van der Waals surface area (Å²) in [7, 11) is 1.81. The number of furan rings is 1. The van der Waals surface area contributed by atoms with E-state index < -0.39 is 0 Å². The quantitative estimate of drug-likeness (QED) is 0.525. The predicted molar refractivity (Wildman–Crippen MR) is 107 cm³/mol. The van der Waals surface area contributed by atoms with E-state index in [1.807, 2.05) is 13.1 Å². The normalized spacial score (nSPS) is 17.0. The summed E-state index contributed by atoms with van der Waals surface area (Å²) in [5, 5.41) is 6.86. The van der Waals surface area contributed by atoms with E-state index in [4.69, 9.17) is 4.42 Å². The molecule has 1 aliphatic rings. The van der Waals surface area contributed by atoms with Gasteiger partial charge < -0.3 is 15.1 Å². The number of nitrogens with one attached hydrogen (secondary N) is 2. The zero-order valence-corrected chi connectivity index (χ0v) is 16.9. The lowest BCUT2D eigenvalue weighted by molar-refractivity contribution is 0.215. The zero-order chi connectivity index (χ0) is 17.5. The van der Waals surface area contributed by atoms with Crippen LogP contribution in [0, 0.1) is 0 Å². The van der Waals surface area contributed by atoms with Gasteiger partial charge in [0.2, 0.25) is 0 Å². The Bertz CT molecular complexity index is 664. The second kappa shape index (κ2) is 9.40. The minimum absolute atomic E-state index is 0.254. The first-order valence-electron chi connectivity index (χ1n) is 8.72. The van der Waals surface area contributed by atoms with Crippen LogP contribution in [-0.4, -0.2) is 44.1 Å². The van der Waals surface area contributed by atoms with Crippen LogP contribution in [0.2, 0.25) is 0 Å². The molecule has 1 aliphatic heterocycles. The van der Waals surface area contributed by atoms with Crippen molar-refractivity contribution in [3.05, 3.63) is 45.0 Å². The molecule has 0 aromatic carbocycles. The maximum Gasteiger partial charge on any atom is 0.191 e. The van der Waals surface area contributed by atoms with E-state index in [-0.39, 0.29) is 6.04 Å². The molecule has 2 N–H and O–H groups in total. The summed E-state index contributed by atoms with van der Waals surface area (Å²) in [4.78, 5) is 8.19. The molecule has 7 heteroatoms. The third-order valence-electron chi connectivity index (χ3n) is 4.43. The minimum atomic E-state index is 0.254. The lowest BCUT2D eigenvalue weighted by Crippen LogP contribution is -2.43. The van der Waals surface area contributed by atoms with E-state index in [1.54, 1.807) is 17.6 Å². The molecule has 1 saturated heterocycles. The van der Waals surface area contributed by atoms with Crippen molar-refractivity contribution < 1.29 is 4.42 Å². The Morgan fingerprint density at radius 1 is 1.32 bits per heavy atom. The summed E-state index contributed by atoms with van der Waals surface area (Å²) in [5.41, 5.74) is 0. The maximum absolute atomic E-state index is 5.67. The summed E-state index contributed by atoms with van der Waals surface area (Å²) in [6.07, 6.45) is 5.27. The highest BCUT2D eigenvalue weighted by atomic mass is 79.9. The standard InChI is InChI=1S/C18H25BrN4OS/c1-20-18(21-9-8-14-6-7-17(19)25-14)22-13-15(16-5-4-12-24-16)23-10-2-3-11-23/h4-7,12,15H,2-3,8-11,13H2,1H3,(H2,20,21,22). The van der Waals surface area contributed by atoms with E-state index in [1.165, 1.54) is 21.5 Å². The number of nitrogens with zero attached hydrogens (tertiary/aromatic N) is 2. The summed E-state index contributed by atoms with van der Waals surface area (Å²) >= 11 is 5.28. The Morgan fingerprint density at radius 3 is 2.80 bits per heavy atom. The molecule has 1 fully saturated rings. The van der Waals surface area contributed by atoms with Crippen molar-refractivity contribution in [1.29, 1.82) is 0 Å². The molecule has 25 heavy (non-hydrogen) atoms. The SMILES string of the molecule is CN=C(NCCc1ccc(Br)s1)NCC(c1ccco1)N1CCCC1. The van der Waals surface area contributed by atoms with Crippen LogP contribution in [0.5, 0.6) is 0 Å². The van der Waals surface area contributed by atoms with Gasteiger partial charge in [-0.1, -0.05) is 0 Å². The first kappa shape index (κ1) is 18.5. The first-order chi connectivity index (χ1) is 12.3. The van der Waals surface area contributed by atoms with E-state index in [9.17, 15) is 0 Å². The van der Waals surface area contributed by atoms with Crippen LogP contribution in [0.1, 0.15) is 29.5 Å². The first-order valence-corrected chi connectivity index (χ1v) is 10.3. The number of hydrogen-bond acceptors (Lipinski definition) is 4. The molecule has 0 amide bonds. The van der Waals surface area contributed by atoms with Crippen LogP contribution < -0.4 is 10.6 Å². The van der Waals surface area contributed by atoms with Crippen molar-refractivity contribution in [3.8, 4) is 0 Å². The fourth-order valence-electron chi connectivity index (χ4n) is 3.15. The van der Waals surface area contributed by atoms with Gasteiger partial charge in [0.1, 0.15) is 5.76 Å². The maximum atomic E-state index is 5.67. The Balaban J connectivity index is 1.50. The number of thiophene rings is 1. The summed E-state index contributed by atoms with van der Waals surface area (Å²) < 4.78 is 6.85. The van der Waals surface area contributed by atoms with Gasteiger partial charge in [0, 0.05) is 25.0 Å². The summed E-state index contributed by atoms with van der Waals surface area (Å²) in [6.45, 7) is 3.91. The molecule has 1 unspecified atom stereocenters. The van der Waals surface area contributed by atoms with Gasteiger partial charge in [-0.05, 0) is 72.5 Å². The third-order valence-corrected chi connectivity index (χ3v) is 6.12. The topological polar surface area (TPSA) is 52.8 Å². The molecule has 0 saturated carbocycles. The minimum Gasteiger partial charge on any atom is -0.468 e. The van der Waals surface area contributed by atoms with Gasteiger partial charge in [0.15, 0.2) is 5.96 Å². The molecule has 0 spiro atoms. The predicted octanol–water partition coefficient (Wildman–Crippen LogP) is 3.65. The van der Waals surface area contributed by atoms with E-state index in [0.717, 1.165) is 44.3 Å². The number of aliphatic imine (C=N–C) groups is 1. The van der Waals surface area contributed by atoms with E-state index in [2.05, 4.69) is 54.7 Å². The monoisotopic (exact) mass is 424 g/mol. The van der Waals surface area contributed by atoms with Crippen LogP contribution in [0.3, 0.4) is 0 Å². The number of hydrogen-bond donors (Lipinski definition) is 2. The van der Waals surface area contributed by atoms with Gasteiger partial charge >= 0.3 is 0 Å². The lowest BCUT2D eigenvalue weighted by Gasteiger charge is -2.26. The van der Waals surface area contributed by atoms with Crippen LogP contribution in [0.4, 0.5) is 0 Å². The van der Waals surface area contributed by atoms with Crippen molar-refractivity contribution in [2.45, 2.75) is 25.3 Å². The highest BCUT2D eigenvalue weighted by Gasteiger charge is 2.25. The van der Waals surface area contributed by atoms with Crippen molar-refractivity contribution in [3.63, 3.8) is 0 Å². The molecule has 5 nitrogen and oxygen atoms in total. The molecule has 1 atom stereocenters. The van der Waals surface area contributed by atoms with Crippen molar-refractivity contribution in [2.75, 3.05) is 33.2 Å². The fraction of sp³-hybridized carbons (Fsp3) is 0.500. The smallest absolute Gasteiger partial charge is 0.191 e. The molecule has 3 heterocycles. The molecule has 0 aliphatic carbocycles. The lowest BCUT2D eigenvalue weighted by atomic mass is 10.2. The van der Waals surface area contributed by atoms with Gasteiger partial charge in [-0.3, -0.25) is 9.89 Å².